The SMILES string of the molecule is CCCCCS(=O)Cc1c(C(=O)O)cnn1C. The Balaban J connectivity index is 2.64. The minimum absolute atomic E-state index is 0.149. The van der Waals surface area contributed by atoms with Gasteiger partial charge in [0.05, 0.1) is 17.6 Å². The van der Waals surface area contributed by atoms with Crippen LogP contribution < -0.4 is 0 Å². The van der Waals surface area contributed by atoms with Gasteiger partial charge >= 0.3 is 5.97 Å². The molecule has 0 saturated carbocycles. The number of nitrogens with zero attached hydrogens (tertiary/aromatic N) is 2. The first kappa shape index (κ1) is 13.9. The fraction of sp³-hybridized carbons (Fsp3) is 0.636. The van der Waals surface area contributed by atoms with Gasteiger partial charge in [0.15, 0.2) is 0 Å². The third-order valence-corrected chi connectivity index (χ3v) is 3.90. The molecule has 17 heavy (non-hydrogen) atoms. The number of aromatic carboxylic acids is 1. The molecule has 1 N–H and O–H groups in total. The van der Waals surface area contributed by atoms with Crippen molar-refractivity contribution in [1.82, 2.24) is 9.78 Å². The van der Waals surface area contributed by atoms with Crippen molar-refractivity contribution in [2.45, 2.75) is 31.9 Å². The van der Waals surface area contributed by atoms with E-state index in [2.05, 4.69) is 12.0 Å². The summed E-state index contributed by atoms with van der Waals surface area (Å²) >= 11 is 0. The summed E-state index contributed by atoms with van der Waals surface area (Å²) in [5.41, 5.74) is 0.684. The summed E-state index contributed by atoms with van der Waals surface area (Å²) in [7, 11) is 0.659. The van der Waals surface area contributed by atoms with Crippen molar-refractivity contribution < 1.29 is 14.1 Å². The maximum Gasteiger partial charge on any atom is 0.339 e. The zero-order valence-electron chi connectivity index (χ0n) is 10.2. The van der Waals surface area contributed by atoms with Crippen molar-refractivity contribution >= 4 is 16.8 Å². The Labute approximate surface area is 103 Å². The van der Waals surface area contributed by atoms with Crippen molar-refractivity contribution in [3.05, 3.63) is 17.5 Å². The topological polar surface area (TPSA) is 72.2 Å². The van der Waals surface area contributed by atoms with E-state index in [0.717, 1.165) is 19.3 Å². The van der Waals surface area contributed by atoms with Crippen LogP contribution >= 0.6 is 0 Å². The van der Waals surface area contributed by atoms with Gasteiger partial charge in [0.2, 0.25) is 0 Å². The number of carboxylic acid groups (broad SMARTS) is 1. The Hall–Kier alpha value is -1.17. The first-order valence-electron chi connectivity index (χ1n) is 5.65. The number of aromatic nitrogens is 2. The summed E-state index contributed by atoms with van der Waals surface area (Å²) in [4.78, 5) is 10.9. The second-order valence-corrected chi connectivity index (χ2v) is 5.51. The molecule has 1 rings (SSSR count). The third kappa shape index (κ3) is 3.96. The van der Waals surface area contributed by atoms with Crippen LogP contribution in [0.1, 0.15) is 42.2 Å². The fourth-order valence-electron chi connectivity index (χ4n) is 1.55. The first-order chi connectivity index (χ1) is 8.06. The van der Waals surface area contributed by atoms with Crippen LogP contribution in [0.25, 0.3) is 0 Å². The molecule has 0 fully saturated rings. The van der Waals surface area contributed by atoms with E-state index in [1.165, 1.54) is 10.9 Å². The lowest BCUT2D eigenvalue weighted by atomic mass is 10.3. The molecule has 1 atom stereocenters. The zero-order chi connectivity index (χ0) is 12.8. The van der Waals surface area contributed by atoms with Crippen LogP contribution in [0, 0.1) is 0 Å². The lowest BCUT2D eigenvalue weighted by Gasteiger charge is -2.04. The summed E-state index contributed by atoms with van der Waals surface area (Å²) in [6, 6.07) is 0. The molecule has 1 aromatic rings. The molecular formula is C11H18N2O3S. The largest absolute Gasteiger partial charge is 0.478 e. The van der Waals surface area contributed by atoms with E-state index in [1.807, 2.05) is 0 Å². The van der Waals surface area contributed by atoms with Gasteiger partial charge in [-0.15, -0.1) is 0 Å². The molecule has 1 aromatic heterocycles. The number of carbonyl (C=O) groups is 1. The van der Waals surface area contributed by atoms with Crippen molar-refractivity contribution in [3.8, 4) is 0 Å². The van der Waals surface area contributed by atoms with E-state index in [1.54, 1.807) is 7.05 Å². The van der Waals surface area contributed by atoms with E-state index >= 15 is 0 Å². The molecule has 0 aliphatic heterocycles. The highest BCUT2D eigenvalue weighted by atomic mass is 32.2. The van der Waals surface area contributed by atoms with Gasteiger partial charge < -0.3 is 5.11 Å². The molecule has 0 aliphatic carbocycles. The van der Waals surface area contributed by atoms with Crippen LogP contribution in [0.5, 0.6) is 0 Å². The lowest BCUT2D eigenvalue weighted by molar-refractivity contribution is 0.0696. The van der Waals surface area contributed by atoms with E-state index < -0.39 is 16.8 Å². The molecule has 6 heteroatoms. The number of hydrogen-bond acceptors (Lipinski definition) is 3. The Kier molecular flexibility index (Phi) is 5.34. The van der Waals surface area contributed by atoms with Gasteiger partial charge in [0.1, 0.15) is 5.56 Å². The summed E-state index contributed by atoms with van der Waals surface area (Å²) in [5, 5.41) is 12.8. The molecule has 0 aliphatic rings. The minimum Gasteiger partial charge on any atom is -0.478 e. The molecule has 0 aromatic carbocycles. The van der Waals surface area contributed by atoms with Crippen LogP contribution in [-0.2, 0) is 23.6 Å². The van der Waals surface area contributed by atoms with Gasteiger partial charge in [-0.05, 0) is 6.42 Å². The normalized spacial score (nSPS) is 12.6. The maximum atomic E-state index is 11.8. The van der Waals surface area contributed by atoms with Gasteiger partial charge in [-0.3, -0.25) is 8.89 Å². The molecule has 96 valence electrons. The highest BCUT2D eigenvalue weighted by Gasteiger charge is 2.16. The molecule has 0 amide bonds. The summed E-state index contributed by atoms with van der Waals surface area (Å²) in [6.07, 6.45) is 4.37. The van der Waals surface area contributed by atoms with Crippen LogP contribution in [0.2, 0.25) is 0 Å². The second kappa shape index (κ2) is 6.54. The molecule has 5 nitrogen and oxygen atoms in total. The van der Waals surface area contributed by atoms with Gasteiger partial charge in [0, 0.05) is 23.6 Å². The molecule has 0 spiro atoms. The van der Waals surface area contributed by atoms with Crippen LogP contribution in [0.4, 0.5) is 0 Å². The minimum atomic E-state index is -1.02. The zero-order valence-corrected chi connectivity index (χ0v) is 11.0. The number of unbranched alkanes of at least 4 members (excludes halogenated alkanes) is 2. The predicted molar refractivity (Wildman–Crippen MR) is 66.4 cm³/mol. The highest BCUT2D eigenvalue weighted by molar-refractivity contribution is 7.84. The Bertz CT molecular complexity index is 415. The molecule has 0 bridgehead atoms. The predicted octanol–water partition coefficient (Wildman–Crippen LogP) is 1.56. The number of aryl methyl sites for hydroxylation is 1. The standard InChI is InChI=1S/C11H18N2O3S/c1-3-4-5-6-17(16)8-10-9(11(14)15)7-12-13(10)2/h7H,3-6,8H2,1-2H3,(H,14,15). The van der Waals surface area contributed by atoms with Crippen molar-refractivity contribution in [2.75, 3.05) is 5.75 Å². The van der Waals surface area contributed by atoms with Crippen LogP contribution in [0.3, 0.4) is 0 Å². The molecule has 1 heterocycles. The van der Waals surface area contributed by atoms with Gasteiger partial charge in [-0.25, -0.2) is 4.79 Å². The Morgan fingerprint density at radius 2 is 2.24 bits per heavy atom. The number of rotatable bonds is 7. The molecule has 0 radical (unpaired) electrons. The Morgan fingerprint density at radius 1 is 1.53 bits per heavy atom. The summed E-state index contributed by atoms with van der Waals surface area (Å²) in [5.74, 6) is -0.126. The summed E-state index contributed by atoms with van der Waals surface area (Å²) < 4.78 is 13.3. The van der Waals surface area contributed by atoms with Crippen LogP contribution in [0.15, 0.2) is 6.20 Å². The highest BCUT2D eigenvalue weighted by Crippen LogP contribution is 2.11. The fourth-order valence-corrected chi connectivity index (χ4v) is 2.87. The van der Waals surface area contributed by atoms with Gasteiger partial charge in [0.25, 0.3) is 0 Å². The van der Waals surface area contributed by atoms with E-state index in [0.29, 0.717) is 11.4 Å². The maximum absolute atomic E-state index is 11.8. The van der Waals surface area contributed by atoms with Crippen LogP contribution in [-0.4, -0.2) is 30.8 Å². The molecule has 1 unspecified atom stereocenters. The lowest BCUT2D eigenvalue weighted by Crippen LogP contribution is -2.10. The summed E-state index contributed by atoms with van der Waals surface area (Å²) in [6.45, 7) is 2.09. The smallest absolute Gasteiger partial charge is 0.339 e. The average Bonchev–Trinajstić information content (AvgIpc) is 2.61. The van der Waals surface area contributed by atoms with E-state index in [4.69, 9.17) is 5.11 Å². The third-order valence-electron chi connectivity index (χ3n) is 2.57. The van der Waals surface area contributed by atoms with Gasteiger partial charge in [-0.2, -0.15) is 5.10 Å². The second-order valence-electron chi connectivity index (χ2n) is 3.93. The first-order valence-corrected chi connectivity index (χ1v) is 7.14. The quantitative estimate of drug-likeness (QED) is 0.753. The van der Waals surface area contributed by atoms with Crippen molar-refractivity contribution in [1.29, 1.82) is 0 Å². The molecule has 0 saturated heterocycles. The van der Waals surface area contributed by atoms with E-state index in [9.17, 15) is 9.00 Å². The Morgan fingerprint density at radius 3 is 2.82 bits per heavy atom. The van der Waals surface area contributed by atoms with Crippen molar-refractivity contribution in [2.24, 2.45) is 7.05 Å². The van der Waals surface area contributed by atoms with Crippen molar-refractivity contribution in [3.63, 3.8) is 0 Å². The molecular weight excluding hydrogens is 240 g/mol. The number of carboxylic acids is 1. The van der Waals surface area contributed by atoms with E-state index in [-0.39, 0.29) is 11.3 Å². The average molecular weight is 258 g/mol. The monoisotopic (exact) mass is 258 g/mol. The van der Waals surface area contributed by atoms with Gasteiger partial charge in [-0.1, -0.05) is 19.8 Å². The number of hydrogen-bond donors (Lipinski definition) is 1.